The van der Waals surface area contributed by atoms with Crippen molar-refractivity contribution in [3.05, 3.63) is 53.9 Å². The Morgan fingerprint density at radius 3 is 2.71 bits per heavy atom. The average molecular weight is 232 g/mol. The lowest BCUT2D eigenvalue weighted by Gasteiger charge is -2.06. The first-order valence-corrected chi connectivity index (χ1v) is 4.93. The minimum atomic E-state index is -0.578. The van der Waals surface area contributed by atoms with Crippen LogP contribution in [0.15, 0.2) is 36.7 Å². The Bertz CT molecular complexity index is 517. The summed E-state index contributed by atoms with van der Waals surface area (Å²) in [6.45, 7) is 0.0815. The van der Waals surface area contributed by atoms with Gasteiger partial charge in [-0.25, -0.2) is 14.4 Å². The first-order valence-electron chi connectivity index (χ1n) is 4.93. The highest BCUT2D eigenvalue weighted by atomic mass is 19.1. The number of halogens is 1. The zero-order valence-corrected chi connectivity index (χ0v) is 8.84. The lowest BCUT2D eigenvalue weighted by molar-refractivity contribution is 0.112. The largest absolute Gasteiger partial charge is 0.483 e. The summed E-state index contributed by atoms with van der Waals surface area (Å²) in [4.78, 5) is 18.3. The maximum Gasteiger partial charge on any atom is 0.166 e. The highest BCUT2D eigenvalue weighted by Crippen LogP contribution is 2.18. The molecule has 0 unspecified atom stereocenters. The van der Waals surface area contributed by atoms with Crippen molar-refractivity contribution < 1.29 is 13.9 Å². The third-order valence-electron chi connectivity index (χ3n) is 2.07. The topological polar surface area (TPSA) is 52.1 Å². The van der Waals surface area contributed by atoms with Crippen LogP contribution >= 0.6 is 0 Å². The van der Waals surface area contributed by atoms with Gasteiger partial charge in [0, 0.05) is 18.0 Å². The van der Waals surface area contributed by atoms with E-state index in [4.69, 9.17) is 4.74 Å². The highest BCUT2D eigenvalue weighted by Gasteiger charge is 2.05. The number of nitrogens with zero attached hydrogens (tertiary/aromatic N) is 2. The number of rotatable bonds is 4. The molecular weight excluding hydrogens is 223 g/mol. The van der Waals surface area contributed by atoms with Crippen molar-refractivity contribution in [2.45, 2.75) is 6.61 Å². The van der Waals surface area contributed by atoms with Gasteiger partial charge in [0.15, 0.2) is 17.4 Å². The van der Waals surface area contributed by atoms with Crippen LogP contribution in [0.25, 0.3) is 0 Å². The lowest BCUT2D eigenvalue weighted by atomic mass is 10.2. The summed E-state index contributed by atoms with van der Waals surface area (Å²) >= 11 is 0. The quantitative estimate of drug-likeness (QED) is 0.756. The molecule has 0 atom stereocenters. The van der Waals surface area contributed by atoms with E-state index in [1.54, 1.807) is 18.5 Å². The van der Waals surface area contributed by atoms with Crippen LogP contribution in [0.3, 0.4) is 0 Å². The van der Waals surface area contributed by atoms with E-state index >= 15 is 0 Å². The molecule has 1 heterocycles. The fourth-order valence-electron chi connectivity index (χ4n) is 1.25. The van der Waals surface area contributed by atoms with Gasteiger partial charge in [-0.3, -0.25) is 4.79 Å². The Kier molecular flexibility index (Phi) is 3.40. The zero-order chi connectivity index (χ0) is 12.1. The van der Waals surface area contributed by atoms with Gasteiger partial charge in [0.25, 0.3) is 0 Å². The first-order chi connectivity index (χ1) is 8.29. The minimum absolute atomic E-state index is 0.0723. The number of carbonyl (C=O) groups is 1. The summed E-state index contributed by atoms with van der Waals surface area (Å²) in [7, 11) is 0. The molecule has 86 valence electrons. The van der Waals surface area contributed by atoms with Gasteiger partial charge in [-0.05, 0) is 24.3 Å². The van der Waals surface area contributed by atoms with Gasteiger partial charge in [0.05, 0.1) is 0 Å². The molecule has 1 aromatic heterocycles. The van der Waals surface area contributed by atoms with Gasteiger partial charge in [0.2, 0.25) is 0 Å². The summed E-state index contributed by atoms with van der Waals surface area (Å²) in [6, 6.07) is 5.69. The van der Waals surface area contributed by atoms with Crippen LogP contribution < -0.4 is 4.74 Å². The Morgan fingerprint density at radius 1 is 1.29 bits per heavy atom. The maximum atomic E-state index is 13.4. The standard InChI is InChI=1S/C12H9FN2O2/c13-10-6-9(7-16)2-3-11(10)17-8-12-14-4-1-5-15-12/h1-7H,8H2. The number of benzene rings is 1. The molecule has 0 aliphatic carbocycles. The summed E-state index contributed by atoms with van der Waals surface area (Å²) < 4.78 is 18.6. The number of aromatic nitrogens is 2. The summed E-state index contributed by atoms with van der Waals surface area (Å²) in [5, 5.41) is 0. The molecule has 1 aromatic carbocycles. The van der Waals surface area contributed by atoms with Gasteiger partial charge >= 0.3 is 0 Å². The van der Waals surface area contributed by atoms with Crippen LogP contribution in [0.4, 0.5) is 4.39 Å². The van der Waals surface area contributed by atoms with Crippen molar-refractivity contribution in [3.63, 3.8) is 0 Å². The number of hydrogen-bond donors (Lipinski definition) is 0. The SMILES string of the molecule is O=Cc1ccc(OCc2ncccn2)c(F)c1. The molecule has 0 aliphatic rings. The Balaban J connectivity index is 2.07. The van der Waals surface area contributed by atoms with E-state index in [-0.39, 0.29) is 17.9 Å². The monoisotopic (exact) mass is 232 g/mol. The second-order valence-electron chi connectivity index (χ2n) is 3.26. The molecule has 0 spiro atoms. The number of aldehydes is 1. The fourth-order valence-corrected chi connectivity index (χ4v) is 1.25. The molecule has 0 fully saturated rings. The van der Waals surface area contributed by atoms with Crippen LogP contribution in [0.2, 0.25) is 0 Å². The Labute approximate surface area is 97.1 Å². The zero-order valence-electron chi connectivity index (χ0n) is 8.84. The van der Waals surface area contributed by atoms with Gasteiger partial charge in [-0.15, -0.1) is 0 Å². The lowest BCUT2D eigenvalue weighted by Crippen LogP contribution is -2.01. The van der Waals surface area contributed by atoms with Crippen LogP contribution in [0.1, 0.15) is 16.2 Å². The van der Waals surface area contributed by atoms with Crippen molar-refractivity contribution in [2.24, 2.45) is 0 Å². The van der Waals surface area contributed by atoms with E-state index in [0.29, 0.717) is 12.1 Å². The molecule has 0 saturated heterocycles. The predicted molar refractivity (Wildman–Crippen MR) is 58.2 cm³/mol. The second kappa shape index (κ2) is 5.16. The highest BCUT2D eigenvalue weighted by molar-refractivity contribution is 5.74. The molecule has 0 bridgehead atoms. The van der Waals surface area contributed by atoms with E-state index in [0.717, 1.165) is 6.07 Å². The molecule has 0 aliphatic heterocycles. The van der Waals surface area contributed by atoms with Gasteiger partial charge in [0.1, 0.15) is 12.9 Å². The molecule has 0 radical (unpaired) electrons. The van der Waals surface area contributed by atoms with E-state index in [2.05, 4.69) is 9.97 Å². The third kappa shape index (κ3) is 2.84. The predicted octanol–water partition coefficient (Wildman–Crippen LogP) is 2.01. The molecule has 2 aromatic rings. The molecule has 17 heavy (non-hydrogen) atoms. The summed E-state index contributed by atoms with van der Waals surface area (Å²) in [6.07, 6.45) is 3.74. The van der Waals surface area contributed by atoms with Gasteiger partial charge < -0.3 is 4.74 Å². The van der Waals surface area contributed by atoms with Crippen LogP contribution in [0.5, 0.6) is 5.75 Å². The third-order valence-corrected chi connectivity index (χ3v) is 2.07. The molecular formula is C12H9FN2O2. The molecule has 4 nitrogen and oxygen atoms in total. The summed E-state index contributed by atoms with van der Waals surface area (Å²) in [5.74, 6) is -0.0417. The fraction of sp³-hybridized carbons (Fsp3) is 0.0833. The number of hydrogen-bond acceptors (Lipinski definition) is 4. The van der Waals surface area contributed by atoms with Crippen molar-refractivity contribution in [3.8, 4) is 5.75 Å². The van der Waals surface area contributed by atoms with E-state index in [1.165, 1.54) is 12.1 Å². The van der Waals surface area contributed by atoms with Crippen molar-refractivity contribution >= 4 is 6.29 Å². The smallest absolute Gasteiger partial charge is 0.166 e. The van der Waals surface area contributed by atoms with Gasteiger partial charge in [-0.2, -0.15) is 0 Å². The van der Waals surface area contributed by atoms with Crippen LogP contribution in [0, 0.1) is 5.82 Å². The number of ether oxygens (including phenoxy) is 1. The Hall–Kier alpha value is -2.30. The molecule has 0 N–H and O–H groups in total. The van der Waals surface area contributed by atoms with Crippen LogP contribution in [-0.4, -0.2) is 16.3 Å². The normalized spacial score (nSPS) is 9.94. The Morgan fingerprint density at radius 2 is 2.06 bits per heavy atom. The second-order valence-corrected chi connectivity index (χ2v) is 3.26. The van der Waals surface area contributed by atoms with Crippen molar-refractivity contribution in [2.75, 3.05) is 0 Å². The van der Waals surface area contributed by atoms with E-state index in [1.807, 2.05) is 0 Å². The molecule has 0 amide bonds. The minimum Gasteiger partial charge on any atom is -0.483 e. The maximum absolute atomic E-state index is 13.4. The number of carbonyl (C=O) groups excluding carboxylic acids is 1. The van der Waals surface area contributed by atoms with E-state index in [9.17, 15) is 9.18 Å². The summed E-state index contributed by atoms with van der Waals surface area (Å²) in [5.41, 5.74) is 0.269. The van der Waals surface area contributed by atoms with Gasteiger partial charge in [-0.1, -0.05) is 0 Å². The molecule has 5 heteroatoms. The van der Waals surface area contributed by atoms with Crippen molar-refractivity contribution in [1.29, 1.82) is 0 Å². The molecule has 2 rings (SSSR count). The first kappa shape index (κ1) is 11.2. The van der Waals surface area contributed by atoms with Crippen LogP contribution in [-0.2, 0) is 6.61 Å². The molecule has 0 saturated carbocycles. The van der Waals surface area contributed by atoms with Crippen molar-refractivity contribution in [1.82, 2.24) is 9.97 Å². The van der Waals surface area contributed by atoms with E-state index < -0.39 is 5.82 Å². The average Bonchev–Trinajstić information content (AvgIpc) is 2.38.